The zero-order valence-electron chi connectivity index (χ0n) is 14.6. The second-order valence-corrected chi connectivity index (χ2v) is 7.83. The molecule has 28 heavy (non-hydrogen) atoms. The molecule has 0 atom stereocenters. The Morgan fingerprint density at radius 3 is 2.68 bits per heavy atom. The van der Waals surface area contributed by atoms with Gasteiger partial charge in [-0.3, -0.25) is 4.79 Å². The van der Waals surface area contributed by atoms with Gasteiger partial charge in [-0.05, 0) is 42.0 Å². The summed E-state index contributed by atoms with van der Waals surface area (Å²) in [5.74, 6) is -0.869. The first-order valence-electron chi connectivity index (χ1n) is 7.92. The molecule has 0 spiro atoms. The number of anilines is 1. The van der Waals surface area contributed by atoms with Crippen LogP contribution in [0.5, 0.6) is 5.88 Å². The average Bonchev–Trinajstić information content (AvgIpc) is 2.62. The SMILES string of the molecule is COc1nccc2c(S(N)(=O)=O)cc(NC(=O)Cc3cc(F)ccc3Cl)cc12. The third kappa shape index (κ3) is 4.22. The monoisotopic (exact) mass is 423 g/mol. The highest BCUT2D eigenvalue weighted by atomic mass is 35.5. The molecule has 1 aromatic heterocycles. The minimum absolute atomic E-state index is 0.167. The van der Waals surface area contributed by atoms with Crippen LogP contribution in [0.15, 0.2) is 47.5 Å². The van der Waals surface area contributed by atoms with Crippen LogP contribution in [0.25, 0.3) is 10.8 Å². The lowest BCUT2D eigenvalue weighted by Crippen LogP contribution is -2.17. The Kier molecular flexibility index (Phi) is 5.50. The van der Waals surface area contributed by atoms with Gasteiger partial charge >= 0.3 is 0 Å². The Balaban J connectivity index is 2.01. The summed E-state index contributed by atoms with van der Waals surface area (Å²) in [6.07, 6.45) is 1.18. The van der Waals surface area contributed by atoms with Crippen molar-refractivity contribution >= 4 is 44.0 Å². The molecular weight excluding hydrogens is 409 g/mol. The first-order chi connectivity index (χ1) is 13.2. The average molecular weight is 424 g/mol. The number of rotatable bonds is 5. The highest BCUT2D eigenvalue weighted by Crippen LogP contribution is 2.31. The van der Waals surface area contributed by atoms with Gasteiger partial charge in [-0.25, -0.2) is 22.9 Å². The van der Waals surface area contributed by atoms with Crippen LogP contribution in [-0.4, -0.2) is 26.4 Å². The number of nitrogens with zero attached hydrogens (tertiary/aromatic N) is 1. The van der Waals surface area contributed by atoms with Crippen LogP contribution in [0.4, 0.5) is 10.1 Å². The molecule has 0 saturated heterocycles. The summed E-state index contributed by atoms with van der Waals surface area (Å²) in [4.78, 5) is 16.2. The molecule has 0 saturated carbocycles. The molecule has 2 aromatic carbocycles. The summed E-state index contributed by atoms with van der Waals surface area (Å²) in [5, 5.41) is 8.79. The summed E-state index contributed by atoms with van der Waals surface area (Å²) in [5.41, 5.74) is 0.464. The molecule has 0 radical (unpaired) electrons. The van der Waals surface area contributed by atoms with Crippen LogP contribution in [-0.2, 0) is 21.2 Å². The van der Waals surface area contributed by atoms with E-state index in [4.69, 9.17) is 21.5 Å². The first kappa shape index (κ1) is 20.0. The van der Waals surface area contributed by atoms with E-state index in [-0.39, 0.29) is 27.9 Å². The molecular formula is C18H15ClFN3O4S. The molecule has 3 aromatic rings. The minimum Gasteiger partial charge on any atom is -0.481 e. The van der Waals surface area contributed by atoms with E-state index in [1.54, 1.807) is 0 Å². The van der Waals surface area contributed by atoms with E-state index in [9.17, 15) is 17.6 Å². The Labute approximate surface area is 165 Å². The summed E-state index contributed by atoms with van der Waals surface area (Å²) >= 11 is 5.98. The first-order valence-corrected chi connectivity index (χ1v) is 9.85. The number of aromatic nitrogens is 1. The number of amides is 1. The van der Waals surface area contributed by atoms with Crippen LogP contribution in [0.2, 0.25) is 5.02 Å². The molecule has 0 aliphatic heterocycles. The van der Waals surface area contributed by atoms with Gasteiger partial charge in [0, 0.05) is 27.7 Å². The van der Waals surface area contributed by atoms with Gasteiger partial charge < -0.3 is 10.1 Å². The fraction of sp³-hybridized carbons (Fsp3) is 0.111. The number of carbonyl (C=O) groups excluding carboxylic acids is 1. The van der Waals surface area contributed by atoms with E-state index in [1.165, 1.54) is 43.6 Å². The van der Waals surface area contributed by atoms with Gasteiger partial charge in [-0.15, -0.1) is 0 Å². The summed E-state index contributed by atoms with van der Waals surface area (Å²) in [6.45, 7) is 0. The standard InChI is InChI=1S/C18H15ClFN3O4S/c1-27-18-14-8-12(9-16(28(21,25)26)13(14)4-5-22-18)23-17(24)7-10-6-11(20)2-3-15(10)19/h2-6,8-9H,7H2,1H3,(H,23,24)(H2,21,25,26). The number of nitrogens with one attached hydrogen (secondary N) is 1. The summed E-state index contributed by atoms with van der Waals surface area (Å²) in [6, 6.07) is 7.93. The molecule has 1 amide bonds. The van der Waals surface area contributed by atoms with E-state index < -0.39 is 21.7 Å². The zero-order valence-corrected chi connectivity index (χ0v) is 16.1. The second-order valence-electron chi connectivity index (χ2n) is 5.90. The highest BCUT2D eigenvalue weighted by Gasteiger charge is 2.18. The predicted molar refractivity (Wildman–Crippen MR) is 103 cm³/mol. The third-order valence-electron chi connectivity index (χ3n) is 3.95. The van der Waals surface area contributed by atoms with Gasteiger partial charge in [0.15, 0.2) is 0 Å². The van der Waals surface area contributed by atoms with Gasteiger partial charge in [0.1, 0.15) is 5.82 Å². The van der Waals surface area contributed by atoms with Crippen molar-refractivity contribution in [3.8, 4) is 5.88 Å². The van der Waals surface area contributed by atoms with Crippen molar-refractivity contribution in [3.63, 3.8) is 0 Å². The molecule has 146 valence electrons. The van der Waals surface area contributed by atoms with Crippen LogP contribution in [0.1, 0.15) is 5.56 Å². The fourth-order valence-corrected chi connectivity index (χ4v) is 3.71. The number of sulfonamides is 1. The largest absolute Gasteiger partial charge is 0.481 e. The molecule has 0 unspecified atom stereocenters. The van der Waals surface area contributed by atoms with Gasteiger partial charge in [-0.2, -0.15) is 0 Å². The molecule has 0 aliphatic carbocycles. The van der Waals surface area contributed by atoms with Crippen LogP contribution in [0.3, 0.4) is 0 Å². The Morgan fingerprint density at radius 1 is 1.25 bits per heavy atom. The third-order valence-corrected chi connectivity index (χ3v) is 5.27. The van der Waals surface area contributed by atoms with Gasteiger partial charge in [0.05, 0.1) is 18.4 Å². The Morgan fingerprint density at radius 2 is 2.00 bits per heavy atom. The summed E-state index contributed by atoms with van der Waals surface area (Å²) in [7, 11) is -2.70. The molecule has 0 bridgehead atoms. The van der Waals surface area contributed by atoms with Gasteiger partial charge in [0.2, 0.25) is 21.8 Å². The van der Waals surface area contributed by atoms with E-state index >= 15 is 0 Å². The lowest BCUT2D eigenvalue weighted by Gasteiger charge is -2.12. The minimum atomic E-state index is -4.09. The number of nitrogens with two attached hydrogens (primary N) is 1. The zero-order chi connectivity index (χ0) is 20.5. The van der Waals surface area contributed by atoms with Crippen molar-refractivity contribution in [1.82, 2.24) is 4.98 Å². The lowest BCUT2D eigenvalue weighted by molar-refractivity contribution is -0.115. The van der Waals surface area contributed by atoms with Crippen molar-refractivity contribution in [3.05, 3.63) is 59.0 Å². The van der Waals surface area contributed by atoms with Gasteiger partial charge in [-0.1, -0.05) is 11.6 Å². The van der Waals surface area contributed by atoms with Crippen molar-refractivity contribution in [2.45, 2.75) is 11.3 Å². The van der Waals surface area contributed by atoms with Crippen molar-refractivity contribution in [1.29, 1.82) is 0 Å². The maximum atomic E-state index is 13.4. The Hall–Kier alpha value is -2.75. The molecule has 7 nitrogen and oxygen atoms in total. The Bertz CT molecular complexity index is 1180. The number of halogens is 2. The van der Waals surface area contributed by atoms with Crippen LogP contribution >= 0.6 is 11.6 Å². The quantitative estimate of drug-likeness (QED) is 0.655. The van der Waals surface area contributed by atoms with E-state index in [2.05, 4.69) is 10.3 Å². The topological polar surface area (TPSA) is 111 Å². The number of pyridine rings is 1. The van der Waals surface area contributed by atoms with Crippen molar-refractivity contribution < 1.29 is 22.3 Å². The number of fused-ring (bicyclic) bond motifs is 1. The molecule has 3 rings (SSSR count). The number of benzene rings is 2. The maximum Gasteiger partial charge on any atom is 0.238 e. The molecule has 0 fully saturated rings. The van der Waals surface area contributed by atoms with E-state index in [1.807, 2.05) is 0 Å². The molecule has 1 heterocycles. The molecule has 0 aliphatic rings. The number of carbonyl (C=O) groups is 1. The van der Waals surface area contributed by atoms with Crippen molar-refractivity contribution in [2.24, 2.45) is 5.14 Å². The number of ether oxygens (including phenoxy) is 1. The number of primary sulfonamides is 1. The molecule has 3 N–H and O–H groups in total. The highest BCUT2D eigenvalue weighted by molar-refractivity contribution is 7.89. The maximum absolute atomic E-state index is 13.4. The number of methoxy groups -OCH3 is 1. The smallest absolute Gasteiger partial charge is 0.238 e. The fourth-order valence-electron chi connectivity index (χ4n) is 2.75. The van der Waals surface area contributed by atoms with Crippen LogP contribution < -0.4 is 15.2 Å². The van der Waals surface area contributed by atoms with Crippen molar-refractivity contribution in [2.75, 3.05) is 12.4 Å². The van der Waals surface area contributed by atoms with E-state index in [0.717, 1.165) is 6.07 Å². The molecule has 10 heteroatoms. The normalized spacial score (nSPS) is 11.4. The lowest BCUT2D eigenvalue weighted by atomic mass is 10.1. The van der Waals surface area contributed by atoms with E-state index in [0.29, 0.717) is 16.3 Å². The summed E-state index contributed by atoms with van der Waals surface area (Å²) < 4.78 is 42.5. The van der Waals surface area contributed by atoms with Gasteiger partial charge in [0.25, 0.3) is 0 Å². The number of hydrogen-bond donors (Lipinski definition) is 2. The van der Waals surface area contributed by atoms with Crippen LogP contribution in [0, 0.1) is 5.82 Å². The predicted octanol–water partition coefficient (Wildman–Crippen LogP) is 2.86. The number of hydrogen-bond acceptors (Lipinski definition) is 5. The second kappa shape index (κ2) is 7.70.